The van der Waals surface area contributed by atoms with Gasteiger partial charge in [-0.25, -0.2) is 21.1 Å². The number of nitrogens with two attached hydrogens (primary N) is 2. The summed E-state index contributed by atoms with van der Waals surface area (Å²) in [6.07, 6.45) is -1.25. The highest BCUT2D eigenvalue weighted by atomic mass is 32.2. The van der Waals surface area contributed by atoms with Gasteiger partial charge in [0.05, 0.1) is 28.5 Å². The van der Waals surface area contributed by atoms with Gasteiger partial charge in [0.1, 0.15) is 13.2 Å². The Morgan fingerprint density at radius 2 is 1.66 bits per heavy atom. The molecule has 3 rings (SSSR count). The highest BCUT2D eigenvalue weighted by Crippen LogP contribution is 2.34. The van der Waals surface area contributed by atoms with Gasteiger partial charge in [0.15, 0.2) is 21.3 Å². The first kappa shape index (κ1) is 32.3. The minimum Gasteiger partial charge on any atom is -0.486 e. The van der Waals surface area contributed by atoms with Crippen molar-refractivity contribution in [2.45, 2.75) is 37.8 Å². The molecule has 0 aromatic heterocycles. The van der Waals surface area contributed by atoms with Crippen LogP contribution in [0.15, 0.2) is 53.4 Å². The maximum Gasteiger partial charge on any atom is 0.268 e. The van der Waals surface area contributed by atoms with Crippen LogP contribution < -0.4 is 26.3 Å². The Hall–Kier alpha value is -3.20. The molecule has 0 radical (unpaired) electrons. The van der Waals surface area contributed by atoms with Gasteiger partial charge >= 0.3 is 0 Å². The summed E-state index contributed by atoms with van der Waals surface area (Å²) in [4.78, 5) is 25.4. The third-order valence-corrected chi connectivity index (χ3v) is 10.2. The maximum absolute atomic E-state index is 14.0. The number of hydrogen-bond donors (Lipinski definition) is 3. The molecule has 3 atom stereocenters. The van der Waals surface area contributed by atoms with E-state index < -0.39 is 61.2 Å². The molecular formula is C27H38N4O8S2. The van der Waals surface area contributed by atoms with Crippen LogP contribution >= 0.6 is 0 Å². The number of amides is 2. The third kappa shape index (κ3) is 8.64. The molecule has 0 spiro atoms. The van der Waals surface area contributed by atoms with Crippen molar-refractivity contribution in [2.24, 2.45) is 23.3 Å². The Kier molecular flexibility index (Phi) is 11.1. The Balaban J connectivity index is 1.89. The zero-order valence-corrected chi connectivity index (χ0v) is 24.8. The van der Waals surface area contributed by atoms with E-state index in [1.54, 1.807) is 6.92 Å². The summed E-state index contributed by atoms with van der Waals surface area (Å²) >= 11 is 0. The number of carbonyl (C=O) groups excluding carboxylic acids is 2. The smallest absolute Gasteiger partial charge is 0.268 e. The second-order valence-electron chi connectivity index (χ2n) is 10.0. The van der Waals surface area contributed by atoms with Crippen LogP contribution in [0.3, 0.4) is 0 Å². The van der Waals surface area contributed by atoms with Gasteiger partial charge in [-0.1, -0.05) is 44.2 Å². The van der Waals surface area contributed by atoms with E-state index in [-0.39, 0.29) is 36.8 Å². The molecule has 0 saturated carbocycles. The van der Waals surface area contributed by atoms with Gasteiger partial charge in [0.25, 0.3) is 10.0 Å². The van der Waals surface area contributed by atoms with E-state index >= 15 is 0 Å². The van der Waals surface area contributed by atoms with Crippen LogP contribution in [-0.2, 0) is 35.9 Å². The fraction of sp³-hybridized carbons (Fsp3) is 0.481. The number of hydrogen-bond acceptors (Lipinski definition) is 10. The van der Waals surface area contributed by atoms with E-state index in [0.717, 1.165) is 5.56 Å². The minimum atomic E-state index is -4.55. The second-order valence-corrected chi connectivity index (χ2v) is 14.0. The van der Waals surface area contributed by atoms with Crippen LogP contribution in [0.25, 0.3) is 0 Å². The van der Waals surface area contributed by atoms with Gasteiger partial charge in [0.2, 0.25) is 11.8 Å². The number of benzene rings is 2. The Bertz CT molecular complexity index is 1420. The summed E-state index contributed by atoms with van der Waals surface area (Å²) < 4.78 is 65.1. The fourth-order valence-corrected chi connectivity index (χ4v) is 7.60. The van der Waals surface area contributed by atoms with Crippen LogP contribution in [0.1, 0.15) is 25.8 Å². The predicted molar refractivity (Wildman–Crippen MR) is 153 cm³/mol. The number of ether oxygens (including phenoxy) is 2. The number of rotatable bonds is 14. The Morgan fingerprint density at radius 3 is 2.32 bits per heavy atom. The monoisotopic (exact) mass is 610 g/mol. The lowest BCUT2D eigenvalue weighted by molar-refractivity contribution is -0.131. The molecular weight excluding hydrogens is 572 g/mol. The van der Waals surface area contributed by atoms with Crippen LogP contribution in [0.4, 0.5) is 0 Å². The summed E-state index contributed by atoms with van der Waals surface area (Å²) in [5.41, 5.74) is 12.7. The zero-order valence-electron chi connectivity index (χ0n) is 23.2. The number of nitrogens with zero attached hydrogens (tertiary/aromatic N) is 1. The first-order valence-corrected chi connectivity index (χ1v) is 16.6. The average molecular weight is 611 g/mol. The molecule has 12 nitrogen and oxygen atoms in total. The lowest BCUT2D eigenvalue weighted by Gasteiger charge is -2.34. The third-order valence-electron chi connectivity index (χ3n) is 6.57. The highest BCUT2D eigenvalue weighted by molar-refractivity contribution is 7.91. The number of sulfone groups is 1. The van der Waals surface area contributed by atoms with Gasteiger partial charge in [-0.05, 0) is 30.0 Å². The number of sulfonamides is 1. The van der Waals surface area contributed by atoms with Crippen molar-refractivity contribution in [3.8, 4) is 11.5 Å². The first-order valence-electron chi connectivity index (χ1n) is 13.3. The maximum atomic E-state index is 14.0. The van der Waals surface area contributed by atoms with Crippen molar-refractivity contribution in [2.75, 3.05) is 37.8 Å². The molecule has 0 saturated heterocycles. The fourth-order valence-electron chi connectivity index (χ4n) is 4.36. The molecule has 2 aromatic carbocycles. The van der Waals surface area contributed by atoms with Crippen LogP contribution in [0.5, 0.6) is 11.5 Å². The molecule has 1 aliphatic rings. The predicted octanol–water partition coefficient (Wildman–Crippen LogP) is 0.655. The van der Waals surface area contributed by atoms with E-state index in [0.29, 0.717) is 23.1 Å². The summed E-state index contributed by atoms with van der Waals surface area (Å²) in [5, 5.41) is 2.49. The van der Waals surface area contributed by atoms with Crippen LogP contribution in [0, 0.1) is 11.8 Å². The van der Waals surface area contributed by atoms with E-state index in [4.69, 9.17) is 20.9 Å². The second kappa shape index (κ2) is 14.1. The first-order chi connectivity index (χ1) is 19.4. The van der Waals surface area contributed by atoms with Gasteiger partial charge < -0.3 is 26.3 Å². The van der Waals surface area contributed by atoms with Crippen molar-refractivity contribution < 1.29 is 35.9 Å². The molecule has 1 aliphatic heterocycles. The zero-order chi connectivity index (χ0) is 30.2. The summed E-state index contributed by atoms with van der Waals surface area (Å²) in [6.45, 7) is 4.01. The molecule has 5 N–H and O–H groups in total. The van der Waals surface area contributed by atoms with Crippen molar-refractivity contribution in [1.29, 1.82) is 0 Å². The molecule has 0 fully saturated rings. The summed E-state index contributed by atoms with van der Waals surface area (Å²) in [7, 11) is -8.46. The van der Waals surface area contributed by atoms with E-state index in [1.165, 1.54) is 25.1 Å². The standard InChI is InChI=1S/C27H38N4O8S2/c1-19(16-21-6-4-3-5-7-21)26(29)31(41(36,37)22-8-9-23-24(17-22)39-14-13-38-23)27(33)20(2)18-40(34,35)15-10-25(32)30-12-11-28/h3-9,17,19-20,26H,10-16,18,28-29H2,1-2H3,(H,30,32)/t19-,20?,26-/m0/s1. The van der Waals surface area contributed by atoms with Gasteiger partial charge in [0, 0.05) is 25.6 Å². The van der Waals surface area contributed by atoms with Gasteiger partial charge in [-0.15, -0.1) is 0 Å². The van der Waals surface area contributed by atoms with Crippen molar-refractivity contribution >= 4 is 31.7 Å². The van der Waals surface area contributed by atoms with E-state index in [9.17, 15) is 26.4 Å². The van der Waals surface area contributed by atoms with Crippen molar-refractivity contribution in [1.82, 2.24) is 9.62 Å². The number of nitrogens with one attached hydrogen (secondary N) is 1. The topological polar surface area (TPSA) is 188 Å². The lowest BCUT2D eigenvalue weighted by Crippen LogP contribution is -2.55. The molecule has 0 aliphatic carbocycles. The highest BCUT2D eigenvalue weighted by Gasteiger charge is 2.40. The minimum absolute atomic E-state index is 0.208. The molecule has 226 valence electrons. The van der Waals surface area contributed by atoms with Crippen molar-refractivity contribution in [3.63, 3.8) is 0 Å². The van der Waals surface area contributed by atoms with E-state index in [1.807, 2.05) is 30.3 Å². The molecule has 14 heteroatoms. The van der Waals surface area contributed by atoms with Crippen LogP contribution in [-0.4, -0.2) is 76.9 Å². The normalized spacial score (nSPS) is 15.4. The molecule has 2 aromatic rings. The summed E-state index contributed by atoms with van der Waals surface area (Å²) in [5.74, 6) is -3.85. The quantitative estimate of drug-likeness (QED) is 0.256. The largest absolute Gasteiger partial charge is 0.486 e. The molecule has 1 heterocycles. The number of carbonyl (C=O) groups is 2. The van der Waals surface area contributed by atoms with Gasteiger partial charge in [-0.2, -0.15) is 0 Å². The summed E-state index contributed by atoms with van der Waals surface area (Å²) in [6, 6.07) is 13.2. The van der Waals surface area contributed by atoms with Crippen LogP contribution in [0.2, 0.25) is 0 Å². The molecule has 1 unspecified atom stereocenters. The van der Waals surface area contributed by atoms with Gasteiger partial charge in [-0.3, -0.25) is 9.59 Å². The van der Waals surface area contributed by atoms with Crippen molar-refractivity contribution in [3.05, 3.63) is 54.1 Å². The van der Waals surface area contributed by atoms with E-state index in [2.05, 4.69) is 5.32 Å². The SMILES string of the molecule is CC(CS(=O)(=O)CCC(=O)NCCN)C(=O)N([C@H](N)[C@@H](C)Cc1ccccc1)S(=O)(=O)c1ccc2c(c1)OCCO2. The molecule has 0 bridgehead atoms. The Morgan fingerprint density at radius 1 is 1.00 bits per heavy atom. The molecule has 2 amide bonds. The number of fused-ring (bicyclic) bond motifs is 1. The Labute approximate surface area is 241 Å². The average Bonchev–Trinajstić information content (AvgIpc) is 2.94. The molecule has 41 heavy (non-hydrogen) atoms. The lowest BCUT2D eigenvalue weighted by atomic mass is 9.98.